The molecule has 0 bridgehead atoms. The summed E-state index contributed by atoms with van der Waals surface area (Å²) in [5, 5.41) is 0. The van der Waals surface area contributed by atoms with E-state index >= 15 is 0 Å². The smallest absolute Gasteiger partial charge is 0.103 e. The Balaban J connectivity index is 1.85. The number of hydrogen-bond donors (Lipinski definition) is 0. The number of piperidine rings is 1. The van der Waals surface area contributed by atoms with E-state index in [2.05, 4.69) is 23.8 Å². The van der Waals surface area contributed by atoms with Crippen LogP contribution in [0.25, 0.3) is 0 Å². The second kappa shape index (κ2) is 4.15. The van der Waals surface area contributed by atoms with Crippen molar-refractivity contribution in [1.82, 2.24) is 9.80 Å². The molecule has 0 aliphatic carbocycles. The normalized spacial score (nSPS) is 37.9. The number of likely N-dealkylation sites (N-methyl/N-ethyl adjacent to an activating group) is 1. The van der Waals surface area contributed by atoms with Crippen LogP contribution in [0.15, 0.2) is 0 Å². The van der Waals surface area contributed by atoms with E-state index in [0.29, 0.717) is 12.1 Å². The van der Waals surface area contributed by atoms with Gasteiger partial charge < -0.3 is 4.90 Å². The lowest BCUT2D eigenvalue weighted by molar-refractivity contribution is 0.114. The van der Waals surface area contributed by atoms with E-state index in [-0.39, 0.29) is 0 Å². The van der Waals surface area contributed by atoms with Crippen LogP contribution in [-0.2, 0) is 0 Å². The van der Waals surface area contributed by atoms with Gasteiger partial charge in [0.05, 0.1) is 0 Å². The molecule has 3 heteroatoms. The fourth-order valence-electron chi connectivity index (χ4n) is 2.66. The van der Waals surface area contributed by atoms with E-state index in [0.717, 1.165) is 32.5 Å². The third kappa shape index (κ3) is 2.09. The van der Waals surface area contributed by atoms with Crippen molar-refractivity contribution in [3.8, 4) is 0 Å². The summed E-state index contributed by atoms with van der Waals surface area (Å²) in [6.07, 6.45) is 2.21. The van der Waals surface area contributed by atoms with Gasteiger partial charge in [-0.1, -0.05) is 0 Å². The van der Waals surface area contributed by atoms with Gasteiger partial charge in [-0.3, -0.25) is 4.90 Å². The average molecular weight is 200 g/mol. The largest absolute Gasteiger partial charge is 0.302 e. The van der Waals surface area contributed by atoms with Crippen LogP contribution in [0.3, 0.4) is 0 Å². The monoisotopic (exact) mass is 200 g/mol. The number of likely N-dealkylation sites (tertiary alicyclic amines) is 2. The van der Waals surface area contributed by atoms with E-state index in [1.165, 1.54) is 6.42 Å². The minimum Gasteiger partial charge on any atom is -0.302 e. The molecular weight excluding hydrogens is 179 g/mol. The SMILES string of the molecule is C[C@H]1CC(N2CCC(F)CC2)CN1C. The Labute approximate surface area is 86.1 Å². The Morgan fingerprint density at radius 3 is 2.36 bits per heavy atom. The summed E-state index contributed by atoms with van der Waals surface area (Å²) in [6, 6.07) is 1.38. The molecule has 0 spiro atoms. The molecule has 0 saturated carbocycles. The van der Waals surface area contributed by atoms with Gasteiger partial charge in [-0.15, -0.1) is 0 Å². The molecule has 14 heavy (non-hydrogen) atoms. The average Bonchev–Trinajstić information content (AvgIpc) is 2.48. The number of halogens is 1. The highest BCUT2D eigenvalue weighted by atomic mass is 19.1. The van der Waals surface area contributed by atoms with Crippen LogP contribution in [0, 0.1) is 0 Å². The van der Waals surface area contributed by atoms with Gasteiger partial charge in [-0.2, -0.15) is 0 Å². The summed E-state index contributed by atoms with van der Waals surface area (Å²) < 4.78 is 13.0. The van der Waals surface area contributed by atoms with Crippen LogP contribution < -0.4 is 0 Å². The summed E-state index contributed by atoms with van der Waals surface area (Å²) in [4.78, 5) is 4.89. The zero-order chi connectivity index (χ0) is 10.1. The zero-order valence-corrected chi connectivity index (χ0v) is 9.25. The van der Waals surface area contributed by atoms with Gasteiger partial charge in [0.15, 0.2) is 0 Å². The van der Waals surface area contributed by atoms with Gasteiger partial charge in [-0.05, 0) is 33.2 Å². The fourth-order valence-corrected chi connectivity index (χ4v) is 2.66. The number of rotatable bonds is 1. The Morgan fingerprint density at radius 2 is 1.86 bits per heavy atom. The van der Waals surface area contributed by atoms with E-state index in [1.54, 1.807) is 0 Å². The predicted octanol–water partition coefficient (Wildman–Crippen LogP) is 1.51. The first-order valence-corrected chi connectivity index (χ1v) is 5.75. The van der Waals surface area contributed by atoms with Gasteiger partial charge in [0, 0.05) is 31.7 Å². The van der Waals surface area contributed by atoms with Crippen molar-refractivity contribution in [2.45, 2.75) is 44.4 Å². The summed E-state index contributed by atoms with van der Waals surface area (Å²) in [7, 11) is 2.19. The Morgan fingerprint density at radius 1 is 1.21 bits per heavy atom. The summed E-state index contributed by atoms with van der Waals surface area (Å²) in [6.45, 7) is 5.37. The lowest BCUT2D eigenvalue weighted by Gasteiger charge is -2.33. The third-order valence-electron chi connectivity index (χ3n) is 3.84. The molecule has 2 saturated heterocycles. The molecule has 82 valence electrons. The summed E-state index contributed by atoms with van der Waals surface area (Å²) >= 11 is 0. The number of nitrogens with zero attached hydrogens (tertiary/aromatic N) is 2. The van der Waals surface area contributed by atoms with Crippen LogP contribution in [-0.4, -0.2) is 54.7 Å². The molecule has 2 aliphatic rings. The Hall–Kier alpha value is -0.150. The molecule has 0 aromatic carbocycles. The molecule has 2 heterocycles. The van der Waals surface area contributed by atoms with Crippen LogP contribution in [0.2, 0.25) is 0 Å². The molecular formula is C11H21FN2. The molecule has 2 aliphatic heterocycles. The van der Waals surface area contributed by atoms with Gasteiger partial charge in [-0.25, -0.2) is 4.39 Å². The fraction of sp³-hybridized carbons (Fsp3) is 1.00. The maximum atomic E-state index is 13.0. The topological polar surface area (TPSA) is 6.48 Å². The second-order valence-electron chi connectivity index (χ2n) is 4.89. The van der Waals surface area contributed by atoms with Crippen LogP contribution in [0.5, 0.6) is 0 Å². The molecule has 2 fully saturated rings. The van der Waals surface area contributed by atoms with Crippen LogP contribution in [0.1, 0.15) is 26.2 Å². The molecule has 0 amide bonds. The second-order valence-corrected chi connectivity index (χ2v) is 4.89. The Kier molecular flexibility index (Phi) is 3.07. The molecule has 2 rings (SSSR count). The lowest BCUT2D eigenvalue weighted by atomic mass is 10.1. The quantitative estimate of drug-likeness (QED) is 0.633. The first kappa shape index (κ1) is 10.4. The molecule has 0 aromatic heterocycles. The first-order valence-electron chi connectivity index (χ1n) is 5.75. The highest BCUT2D eigenvalue weighted by Gasteiger charge is 2.32. The summed E-state index contributed by atoms with van der Waals surface area (Å²) in [5.41, 5.74) is 0. The van der Waals surface area contributed by atoms with E-state index < -0.39 is 6.17 Å². The molecule has 0 N–H and O–H groups in total. The van der Waals surface area contributed by atoms with Crippen molar-refractivity contribution in [3.05, 3.63) is 0 Å². The number of alkyl halides is 1. The zero-order valence-electron chi connectivity index (χ0n) is 9.25. The van der Waals surface area contributed by atoms with E-state index in [4.69, 9.17) is 0 Å². The van der Waals surface area contributed by atoms with Gasteiger partial charge >= 0.3 is 0 Å². The van der Waals surface area contributed by atoms with Crippen LogP contribution in [0.4, 0.5) is 4.39 Å². The van der Waals surface area contributed by atoms with Gasteiger partial charge in [0.2, 0.25) is 0 Å². The predicted molar refractivity (Wildman–Crippen MR) is 56.2 cm³/mol. The molecule has 0 radical (unpaired) electrons. The van der Waals surface area contributed by atoms with Crippen molar-refractivity contribution in [2.75, 3.05) is 26.7 Å². The molecule has 1 unspecified atom stereocenters. The standard InChI is InChI=1S/C11H21FN2/c1-9-7-11(8-13(9)2)14-5-3-10(12)4-6-14/h9-11H,3-8H2,1-2H3/t9-,11?/m0/s1. The van der Waals surface area contributed by atoms with E-state index in [1.807, 2.05) is 0 Å². The van der Waals surface area contributed by atoms with Crippen LogP contribution >= 0.6 is 0 Å². The minimum absolute atomic E-state index is 0.539. The van der Waals surface area contributed by atoms with Gasteiger partial charge in [0.1, 0.15) is 6.17 Å². The van der Waals surface area contributed by atoms with E-state index in [9.17, 15) is 4.39 Å². The third-order valence-corrected chi connectivity index (χ3v) is 3.84. The van der Waals surface area contributed by atoms with Crippen molar-refractivity contribution in [3.63, 3.8) is 0 Å². The minimum atomic E-state index is -0.539. The van der Waals surface area contributed by atoms with Crippen molar-refractivity contribution >= 4 is 0 Å². The van der Waals surface area contributed by atoms with Gasteiger partial charge in [0.25, 0.3) is 0 Å². The summed E-state index contributed by atoms with van der Waals surface area (Å²) in [5.74, 6) is 0. The maximum Gasteiger partial charge on any atom is 0.103 e. The highest BCUT2D eigenvalue weighted by Crippen LogP contribution is 2.24. The van der Waals surface area contributed by atoms with Crippen molar-refractivity contribution in [1.29, 1.82) is 0 Å². The Bertz CT molecular complexity index is 180. The molecule has 0 aromatic rings. The van der Waals surface area contributed by atoms with Crippen molar-refractivity contribution in [2.24, 2.45) is 0 Å². The lowest BCUT2D eigenvalue weighted by Crippen LogP contribution is -2.43. The molecule has 2 nitrogen and oxygen atoms in total. The first-order chi connectivity index (χ1) is 6.66. The highest BCUT2D eigenvalue weighted by molar-refractivity contribution is 4.88. The van der Waals surface area contributed by atoms with Crippen molar-refractivity contribution < 1.29 is 4.39 Å². The number of hydrogen-bond acceptors (Lipinski definition) is 2. The maximum absolute atomic E-state index is 13.0. The molecule has 2 atom stereocenters.